The summed E-state index contributed by atoms with van der Waals surface area (Å²) in [6, 6.07) is 0. The molecule has 4 nitrogen and oxygen atoms in total. The first-order valence-corrected chi connectivity index (χ1v) is 6.85. The van der Waals surface area contributed by atoms with Crippen LogP contribution >= 0.6 is 15.9 Å². The van der Waals surface area contributed by atoms with Crippen molar-refractivity contribution >= 4 is 21.8 Å². The minimum absolute atomic E-state index is 0.0656. The molecule has 0 aromatic carbocycles. The zero-order valence-electron chi connectivity index (χ0n) is 10.6. The minimum Gasteiger partial charge on any atom is -0.381 e. The fourth-order valence-electron chi connectivity index (χ4n) is 2.18. The number of carbonyl (C=O) groups excluding carboxylic acids is 1. The number of carbonyl (C=O) groups is 1. The van der Waals surface area contributed by atoms with Gasteiger partial charge in [0.15, 0.2) is 0 Å². The van der Waals surface area contributed by atoms with Crippen molar-refractivity contribution in [1.82, 2.24) is 9.88 Å². The van der Waals surface area contributed by atoms with Crippen LogP contribution in [0.1, 0.15) is 28.8 Å². The second-order valence-electron chi connectivity index (χ2n) is 4.52. The maximum absolute atomic E-state index is 12.4. The molecule has 0 spiro atoms. The number of halogens is 1. The number of piperidine rings is 1. The number of aromatic nitrogens is 1. The van der Waals surface area contributed by atoms with E-state index in [-0.39, 0.29) is 12.0 Å². The molecular formula is C13H17BrN2O2. The van der Waals surface area contributed by atoms with Gasteiger partial charge >= 0.3 is 0 Å². The summed E-state index contributed by atoms with van der Waals surface area (Å²) in [7, 11) is 1.73. The van der Waals surface area contributed by atoms with E-state index in [0.717, 1.165) is 36.0 Å². The van der Waals surface area contributed by atoms with E-state index < -0.39 is 0 Å². The Morgan fingerprint density at radius 1 is 1.44 bits per heavy atom. The van der Waals surface area contributed by atoms with Crippen LogP contribution in [-0.4, -0.2) is 42.1 Å². The molecule has 0 saturated carbocycles. The predicted molar refractivity (Wildman–Crippen MR) is 72.6 cm³/mol. The first kappa shape index (κ1) is 13.5. The molecule has 1 fully saturated rings. The Labute approximate surface area is 115 Å². The highest BCUT2D eigenvalue weighted by atomic mass is 79.9. The van der Waals surface area contributed by atoms with E-state index in [1.807, 2.05) is 11.8 Å². The van der Waals surface area contributed by atoms with Gasteiger partial charge < -0.3 is 9.64 Å². The first-order valence-electron chi connectivity index (χ1n) is 6.05. The van der Waals surface area contributed by atoms with Crippen molar-refractivity contribution in [3.05, 3.63) is 28.0 Å². The van der Waals surface area contributed by atoms with E-state index in [1.165, 1.54) is 0 Å². The second kappa shape index (κ2) is 5.80. The largest absolute Gasteiger partial charge is 0.381 e. The fourth-order valence-corrected chi connectivity index (χ4v) is 2.51. The number of amides is 1. The molecule has 1 amide bonds. The smallest absolute Gasteiger partial charge is 0.255 e. The van der Waals surface area contributed by atoms with E-state index in [9.17, 15) is 4.79 Å². The van der Waals surface area contributed by atoms with Gasteiger partial charge in [0.05, 0.1) is 11.7 Å². The van der Waals surface area contributed by atoms with Crippen molar-refractivity contribution < 1.29 is 9.53 Å². The Hall–Kier alpha value is -0.940. The Kier molecular flexibility index (Phi) is 4.35. The number of ether oxygens (including phenoxy) is 1. The molecule has 2 rings (SSSR count). The van der Waals surface area contributed by atoms with E-state index in [4.69, 9.17) is 4.74 Å². The Morgan fingerprint density at radius 3 is 2.72 bits per heavy atom. The topological polar surface area (TPSA) is 42.4 Å². The van der Waals surface area contributed by atoms with E-state index >= 15 is 0 Å². The Bertz CT molecular complexity index is 443. The summed E-state index contributed by atoms with van der Waals surface area (Å²) in [5.74, 6) is 0.0656. The van der Waals surface area contributed by atoms with Gasteiger partial charge in [0, 0.05) is 37.1 Å². The van der Waals surface area contributed by atoms with Crippen LogP contribution in [0.15, 0.2) is 16.9 Å². The molecule has 0 N–H and O–H groups in total. The Morgan fingerprint density at radius 2 is 2.11 bits per heavy atom. The monoisotopic (exact) mass is 312 g/mol. The molecule has 0 atom stereocenters. The quantitative estimate of drug-likeness (QED) is 0.842. The lowest BCUT2D eigenvalue weighted by molar-refractivity contribution is 0.0350. The van der Waals surface area contributed by atoms with Gasteiger partial charge in [-0.1, -0.05) is 0 Å². The summed E-state index contributed by atoms with van der Waals surface area (Å²) in [5.41, 5.74) is 1.63. The van der Waals surface area contributed by atoms with Crippen molar-refractivity contribution in [2.75, 3.05) is 20.2 Å². The molecule has 5 heteroatoms. The van der Waals surface area contributed by atoms with Gasteiger partial charge in [-0.15, -0.1) is 0 Å². The molecular weight excluding hydrogens is 296 g/mol. The van der Waals surface area contributed by atoms with E-state index in [1.54, 1.807) is 19.5 Å². The van der Waals surface area contributed by atoms with Crippen LogP contribution in [0.4, 0.5) is 0 Å². The maximum Gasteiger partial charge on any atom is 0.255 e. The molecule has 1 aromatic rings. The number of likely N-dealkylation sites (tertiary alicyclic amines) is 1. The van der Waals surface area contributed by atoms with Gasteiger partial charge in [0.1, 0.15) is 0 Å². The lowest BCUT2D eigenvalue weighted by Gasteiger charge is -2.31. The highest BCUT2D eigenvalue weighted by Gasteiger charge is 2.24. The number of hydrogen-bond donors (Lipinski definition) is 0. The Balaban J connectivity index is 2.10. The fraction of sp³-hybridized carbons (Fsp3) is 0.538. The first-order chi connectivity index (χ1) is 8.63. The van der Waals surface area contributed by atoms with Crippen LogP contribution in [0.5, 0.6) is 0 Å². The van der Waals surface area contributed by atoms with Gasteiger partial charge in [-0.3, -0.25) is 9.78 Å². The van der Waals surface area contributed by atoms with Gasteiger partial charge in [0.2, 0.25) is 0 Å². The van der Waals surface area contributed by atoms with Gasteiger partial charge in [0.25, 0.3) is 5.91 Å². The summed E-state index contributed by atoms with van der Waals surface area (Å²) in [6.45, 7) is 3.44. The van der Waals surface area contributed by atoms with E-state index in [2.05, 4.69) is 20.9 Å². The average molecular weight is 313 g/mol. The number of rotatable bonds is 2. The molecule has 98 valence electrons. The maximum atomic E-state index is 12.4. The predicted octanol–water partition coefficient (Wildman–Crippen LogP) is 2.40. The van der Waals surface area contributed by atoms with Crippen molar-refractivity contribution in [1.29, 1.82) is 0 Å². The number of nitrogens with zero attached hydrogens (tertiary/aromatic N) is 2. The minimum atomic E-state index is 0.0656. The molecule has 1 aromatic heterocycles. The number of methoxy groups -OCH3 is 1. The SMILES string of the molecule is COC1CCN(C(=O)c2cncc(Br)c2C)CC1. The summed E-state index contributed by atoms with van der Waals surface area (Å²) in [6.07, 6.45) is 5.45. The molecule has 0 bridgehead atoms. The lowest BCUT2D eigenvalue weighted by atomic mass is 10.1. The van der Waals surface area contributed by atoms with Gasteiger partial charge in [-0.2, -0.15) is 0 Å². The summed E-state index contributed by atoms with van der Waals surface area (Å²) in [5, 5.41) is 0. The van der Waals surface area contributed by atoms with Crippen LogP contribution in [-0.2, 0) is 4.74 Å². The van der Waals surface area contributed by atoms with Crippen molar-refractivity contribution in [2.24, 2.45) is 0 Å². The standard InChI is InChI=1S/C13H17BrN2O2/c1-9-11(7-15-8-12(9)14)13(17)16-5-3-10(18-2)4-6-16/h7-8,10H,3-6H2,1-2H3. The zero-order valence-corrected chi connectivity index (χ0v) is 12.2. The molecule has 0 radical (unpaired) electrons. The zero-order chi connectivity index (χ0) is 13.1. The normalized spacial score (nSPS) is 16.9. The second-order valence-corrected chi connectivity index (χ2v) is 5.38. The van der Waals surface area contributed by atoms with Crippen LogP contribution in [0.3, 0.4) is 0 Å². The van der Waals surface area contributed by atoms with Crippen LogP contribution < -0.4 is 0 Å². The third-order valence-corrected chi connectivity index (χ3v) is 4.25. The molecule has 0 aliphatic carbocycles. The molecule has 1 aliphatic heterocycles. The molecule has 1 aliphatic rings. The number of hydrogen-bond acceptors (Lipinski definition) is 3. The number of pyridine rings is 1. The van der Waals surface area contributed by atoms with Gasteiger partial charge in [-0.25, -0.2) is 0 Å². The summed E-state index contributed by atoms with van der Waals surface area (Å²) >= 11 is 3.41. The van der Waals surface area contributed by atoms with Crippen LogP contribution in [0.25, 0.3) is 0 Å². The van der Waals surface area contributed by atoms with Gasteiger partial charge in [-0.05, 0) is 41.3 Å². The van der Waals surface area contributed by atoms with Crippen LogP contribution in [0, 0.1) is 6.92 Å². The van der Waals surface area contributed by atoms with Crippen LogP contribution in [0.2, 0.25) is 0 Å². The lowest BCUT2D eigenvalue weighted by Crippen LogP contribution is -2.40. The highest BCUT2D eigenvalue weighted by Crippen LogP contribution is 2.21. The third kappa shape index (κ3) is 2.72. The van der Waals surface area contributed by atoms with Crippen molar-refractivity contribution in [3.8, 4) is 0 Å². The van der Waals surface area contributed by atoms with Crippen molar-refractivity contribution in [3.63, 3.8) is 0 Å². The molecule has 2 heterocycles. The highest BCUT2D eigenvalue weighted by molar-refractivity contribution is 9.10. The van der Waals surface area contributed by atoms with E-state index in [0.29, 0.717) is 5.56 Å². The molecule has 1 saturated heterocycles. The summed E-state index contributed by atoms with van der Waals surface area (Å²) in [4.78, 5) is 18.3. The van der Waals surface area contributed by atoms with Crippen molar-refractivity contribution in [2.45, 2.75) is 25.9 Å². The molecule has 0 unspecified atom stereocenters. The third-order valence-electron chi connectivity index (χ3n) is 3.45. The average Bonchev–Trinajstić information content (AvgIpc) is 2.41. The molecule has 18 heavy (non-hydrogen) atoms. The summed E-state index contributed by atoms with van der Waals surface area (Å²) < 4.78 is 6.19.